The molecule has 0 saturated carbocycles. The average Bonchev–Trinajstić information content (AvgIpc) is 2.80. The highest BCUT2D eigenvalue weighted by atomic mass is 79.9. The lowest BCUT2D eigenvalue weighted by atomic mass is 9.91. The van der Waals surface area contributed by atoms with E-state index >= 15 is 0 Å². The Morgan fingerprint density at radius 3 is 3.16 bits per heavy atom. The van der Waals surface area contributed by atoms with Crippen molar-refractivity contribution in [3.8, 4) is 0 Å². The molecule has 5 nitrogen and oxygen atoms in total. The molecule has 1 aliphatic heterocycles. The van der Waals surface area contributed by atoms with Crippen molar-refractivity contribution in [2.75, 3.05) is 34.0 Å². The third-order valence-corrected chi connectivity index (χ3v) is 4.22. The van der Waals surface area contributed by atoms with Gasteiger partial charge >= 0.3 is 0 Å². The van der Waals surface area contributed by atoms with Crippen LogP contribution in [0.2, 0.25) is 0 Å². The molecule has 1 aromatic heterocycles. The van der Waals surface area contributed by atoms with Gasteiger partial charge in [0.1, 0.15) is 0 Å². The van der Waals surface area contributed by atoms with Gasteiger partial charge in [-0.25, -0.2) is 0 Å². The molecule has 0 radical (unpaired) electrons. The molecule has 0 bridgehead atoms. The number of halogens is 1. The highest BCUT2D eigenvalue weighted by molar-refractivity contribution is 9.10. The van der Waals surface area contributed by atoms with E-state index in [1.807, 2.05) is 17.9 Å². The van der Waals surface area contributed by atoms with Gasteiger partial charge in [0.2, 0.25) is 0 Å². The highest BCUT2D eigenvalue weighted by Gasteiger charge is 2.28. The van der Waals surface area contributed by atoms with Crippen molar-refractivity contribution >= 4 is 15.9 Å². The molecule has 1 aromatic rings. The Balaban J connectivity index is 2.18. The minimum atomic E-state index is 0.258. The Morgan fingerprint density at radius 2 is 2.53 bits per heavy atom. The van der Waals surface area contributed by atoms with E-state index in [1.165, 1.54) is 12.1 Å². The fraction of sp³-hybridized carbons (Fsp3) is 0.769. The number of nitrogens with zero attached hydrogens (tertiary/aromatic N) is 2. The van der Waals surface area contributed by atoms with Crippen LogP contribution >= 0.6 is 15.9 Å². The lowest BCUT2D eigenvalue weighted by Gasteiger charge is -2.30. The smallest absolute Gasteiger partial charge is 0.0700 e. The lowest BCUT2D eigenvalue weighted by molar-refractivity contribution is 0.0385. The van der Waals surface area contributed by atoms with E-state index in [1.54, 1.807) is 7.11 Å². The maximum atomic E-state index is 5.61. The minimum Gasteiger partial charge on any atom is -0.383 e. The number of ether oxygens (including phenoxy) is 2. The van der Waals surface area contributed by atoms with Gasteiger partial charge in [-0.15, -0.1) is 0 Å². The van der Waals surface area contributed by atoms with E-state index in [-0.39, 0.29) is 6.04 Å². The van der Waals surface area contributed by atoms with E-state index in [4.69, 9.17) is 9.47 Å². The molecule has 19 heavy (non-hydrogen) atoms. The van der Waals surface area contributed by atoms with Crippen LogP contribution in [0, 0.1) is 5.92 Å². The number of nitrogens with one attached hydrogen (secondary N) is 1. The predicted octanol–water partition coefficient (Wildman–Crippen LogP) is 1.98. The SMILES string of the molecule is CNC(c1c(Br)cnn1CCOC)C1CCCOC1. The molecule has 1 N–H and O–H groups in total. The van der Waals surface area contributed by atoms with E-state index < -0.39 is 0 Å². The van der Waals surface area contributed by atoms with Crippen LogP contribution in [-0.2, 0) is 16.0 Å². The van der Waals surface area contributed by atoms with Crippen molar-refractivity contribution in [2.45, 2.75) is 25.4 Å². The summed E-state index contributed by atoms with van der Waals surface area (Å²) >= 11 is 3.61. The van der Waals surface area contributed by atoms with Crippen molar-refractivity contribution in [3.05, 3.63) is 16.4 Å². The number of methoxy groups -OCH3 is 1. The minimum absolute atomic E-state index is 0.258. The number of hydrogen-bond acceptors (Lipinski definition) is 4. The molecule has 2 unspecified atom stereocenters. The summed E-state index contributed by atoms with van der Waals surface area (Å²) in [7, 11) is 3.71. The summed E-state index contributed by atoms with van der Waals surface area (Å²) < 4.78 is 13.8. The quantitative estimate of drug-likeness (QED) is 0.865. The molecule has 2 heterocycles. The van der Waals surface area contributed by atoms with Crippen molar-refractivity contribution in [2.24, 2.45) is 5.92 Å². The van der Waals surface area contributed by atoms with E-state index in [2.05, 4.69) is 26.3 Å². The maximum absolute atomic E-state index is 5.61. The summed E-state index contributed by atoms with van der Waals surface area (Å²) in [6, 6.07) is 0.258. The molecular weight excluding hydrogens is 310 g/mol. The Morgan fingerprint density at radius 1 is 1.68 bits per heavy atom. The van der Waals surface area contributed by atoms with Gasteiger partial charge in [0.25, 0.3) is 0 Å². The van der Waals surface area contributed by atoms with Crippen LogP contribution in [0.25, 0.3) is 0 Å². The van der Waals surface area contributed by atoms with E-state index in [0.717, 1.165) is 30.7 Å². The van der Waals surface area contributed by atoms with Gasteiger partial charge in [-0.2, -0.15) is 5.10 Å². The molecule has 0 aromatic carbocycles. The van der Waals surface area contributed by atoms with Crippen LogP contribution in [0.4, 0.5) is 0 Å². The first-order valence-corrected chi connectivity index (χ1v) is 7.52. The number of aromatic nitrogens is 2. The highest BCUT2D eigenvalue weighted by Crippen LogP contribution is 2.32. The van der Waals surface area contributed by atoms with Gasteiger partial charge < -0.3 is 14.8 Å². The van der Waals surface area contributed by atoms with Crippen LogP contribution < -0.4 is 5.32 Å². The Bertz CT molecular complexity index is 391. The monoisotopic (exact) mass is 331 g/mol. The van der Waals surface area contributed by atoms with Gasteiger partial charge in [-0.3, -0.25) is 4.68 Å². The third kappa shape index (κ3) is 3.56. The summed E-state index contributed by atoms with van der Waals surface area (Å²) in [5.74, 6) is 0.494. The summed E-state index contributed by atoms with van der Waals surface area (Å²) in [6.45, 7) is 3.13. The molecule has 6 heteroatoms. The molecule has 1 aliphatic rings. The normalized spacial score (nSPS) is 21.5. The van der Waals surface area contributed by atoms with Crippen LogP contribution in [0.15, 0.2) is 10.7 Å². The second-order valence-electron chi connectivity index (χ2n) is 4.84. The topological polar surface area (TPSA) is 48.3 Å². The van der Waals surface area contributed by atoms with Crippen LogP contribution in [0.5, 0.6) is 0 Å². The number of rotatable bonds is 6. The van der Waals surface area contributed by atoms with Gasteiger partial charge in [0.05, 0.1) is 42.2 Å². The molecule has 1 fully saturated rings. The first-order valence-electron chi connectivity index (χ1n) is 6.73. The summed E-state index contributed by atoms with van der Waals surface area (Å²) in [4.78, 5) is 0. The molecule has 2 rings (SSSR count). The predicted molar refractivity (Wildman–Crippen MR) is 77.1 cm³/mol. The second kappa shape index (κ2) is 7.38. The Labute approximate surface area is 122 Å². The summed E-state index contributed by atoms with van der Waals surface area (Å²) in [5, 5.41) is 7.85. The van der Waals surface area contributed by atoms with Crippen molar-refractivity contribution in [1.29, 1.82) is 0 Å². The molecule has 0 spiro atoms. The van der Waals surface area contributed by atoms with Crippen LogP contribution in [0.3, 0.4) is 0 Å². The standard InChI is InChI=1S/C13H22BrN3O2/c1-15-12(10-4-3-6-19-9-10)13-11(14)8-16-17(13)5-7-18-2/h8,10,12,15H,3-7,9H2,1-2H3. The van der Waals surface area contributed by atoms with Crippen molar-refractivity contribution in [3.63, 3.8) is 0 Å². The lowest BCUT2D eigenvalue weighted by Crippen LogP contribution is -2.33. The summed E-state index contributed by atoms with van der Waals surface area (Å²) in [6.07, 6.45) is 4.18. The first kappa shape index (κ1) is 15.0. The van der Waals surface area contributed by atoms with E-state index in [0.29, 0.717) is 12.5 Å². The van der Waals surface area contributed by atoms with Gasteiger partial charge in [0.15, 0.2) is 0 Å². The van der Waals surface area contributed by atoms with Gasteiger partial charge in [0, 0.05) is 19.6 Å². The molecule has 108 valence electrons. The van der Waals surface area contributed by atoms with E-state index in [9.17, 15) is 0 Å². The fourth-order valence-electron chi connectivity index (χ4n) is 2.66. The molecule has 0 aliphatic carbocycles. The maximum Gasteiger partial charge on any atom is 0.0700 e. The first-order chi connectivity index (χ1) is 9.27. The Kier molecular flexibility index (Phi) is 5.81. The zero-order valence-electron chi connectivity index (χ0n) is 11.6. The van der Waals surface area contributed by atoms with Crippen molar-refractivity contribution < 1.29 is 9.47 Å². The van der Waals surface area contributed by atoms with Gasteiger partial charge in [-0.05, 0) is 35.8 Å². The largest absolute Gasteiger partial charge is 0.383 e. The fourth-order valence-corrected chi connectivity index (χ4v) is 3.20. The summed E-state index contributed by atoms with van der Waals surface area (Å²) in [5.41, 5.74) is 1.19. The van der Waals surface area contributed by atoms with Crippen molar-refractivity contribution in [1.82, 2.24) is 15.1 Å². The zero-order chi connectivity index (χ0) is 13.7. The third-order valence-electron chi connectivity index (χ3n) is 3.61. The molecule has 0 amide bonds. The molecule has 1 saturated heterocycles. The average molecular weight is 332 g/mol. The number of hydrogen-bond donors (Lipinski definition) is 1. The zero-order valence-corrected chi connectivity index (χ0v) is 13.1. The van der Waals surface area contributed by atoms with Crippen LogP contribution in [0.1, 0.15) is 24.6 Å². The molecular formula is C13H22BrN3O2. The van der Waals surface area contributed by atoms with Crippen LogP contribution in [-0.4, -0.2) is 43.8 Å². The second-order valence-corrected chi connectivity index (χ2v) is 5.69. The van der Waals surface area contributed by atoms with Gasteiger partial charge in [-0.1, -0.05) is 0 Å². The molecule has 2 atom stereocenters. The Hall–Kier alpha value is -0.430.